The minimum absolute atomic E-state index is 0.0576. The molecule has 1 aliphatic rings. The third kappa shape index (κ3) is 3.15. The molecule has 88 valence electrons. The van der Waals surface area contributed by atoms with E-state index in [4.69, 9.17) is 15.3 Å². The predicted molar refractivity (Wildman–Crippen MR) is 55.9 cm³/mol. The van der Waals surface area contributed by atoms with Gasteiger partial charge in [0.25, 0.3) is 0 Å². The lowest BCUT2D eigenvalue weighted by atomic mass is 9.98. The fraction of sp³-hybridized carbons (Fsp3) is 0.900. The van der Waals surface area contributed by atoms with Crippen LogP contribution in [-0.2, 0) is 14.4 Å². The van der Waals surface area contributed by atoms with Crippen LogP contribution >= 0.6 is 0 Å². The summed E-state index contributed by atoms with van der Waals surface area (Å²) in [6, 6.07) is -0.0947. The molecular weight excluding hydrogens is 196 g/mol. The molecule has 1 rings (SSSR count). The van der Waals surface area contributed by atoms with Gasteiger partial charge in [0, 0.05) is 13.2 Å². The van der Waals surface area contributed by atoms with Crippen LogP contribution in [0.15, 0.2) is 0 Å². The van der Waals surface area contributed by atoms with Crippen molar-refractivity contribution < 1.29 is 14.4 Å². The van der Waals surface area contributed by atoms with Crippen molar-refractivity contribution in [3.8, 4) is 0 Å². The monoisotopic (exact) mass is 216 g/mol. The zero-order chi connectivity index (χ0) is 11.6. The van der Waals surface area contributed by atoms with Crippen molar-refractivity contribution in [1.29, 1.82) is 0 Å². The van der Waals surface area contributed by atoms with E-state index in [9.17, 15) is 4.79 Å². The number of hydrogen-bond acceptors (Lipinski definition) is 5. The average molecular weight is 216 g/mol. The Kier molecular flexibility index (Phi) is 3.70. The first-order valence-corrected chi connectivity index (χ1v) is 5.10. The maximum Gasteiger partial charge on any atom is 0.330 e. The number of nitrogens with zero attached hydrogens (tertiary/aromatic N) is 1. The molecule has 1 fully saturated rings. The third-order valence-corrected chi connectivity index (χ3v) is 2.40. The van der Waals surface area contributed by atoms with Crippen LogP contribution in [-0.4, -0.2) is 43.4 Å². The Hall–Kier alpha value is -0.650. The Labute approximate surface area is 90.5 Å². The Balaban J connectivity index is 2.46. The molecular formula is C10H20N2O3. The Morgan fingerprint density at radius 2 is 2.00 bits per heavy atom. The van der Waals surface area contributed by atoms with E-state index >= 15 is 0 Å². The van der Waals surface area contributed by atoms with Gasteiger partial charge in [0.15, 0.2) is 0 Å². The summed E-state index contributed by atoms with van der Waals surface area (Å²) in [6.45, 7) is 6.53. The Morgan fingerprint density at radius 1 is 1.40 bits per heavy atom. The second-order valence-electron chi connectivity index (χ2n) is 4.91. The van der Waals surface area contributed by atoms with Crippen LogP contribution in [0.1, 0.15) is 20.8 Å². The van der Waals surface area contributed by atoms with E-state index in [0.717, 1.165) is 0 Å². The minimum atomic E-state index is -0.491. The number of methoxy groups -OCH3 is 1. The molecule has 2 unspecified atom stereocenters. The summed E-state index contributed by atoms with van der Waals surface area (Å²) in [5.74, 6) is -0.244. The topological polar surface area (TPSA) is 64.8 Å². The zero-order valence-corrected chi connectivity index (χ0v) is 9.82. The van der Waals surface area contributed by atoms with Gasteiger partial charge in [-0.25, -0.2) is 4.79 Å². The van der Waals surface area contributed by atoms with Crippen molar-refractivity contribution in [3.63, 3.8) is 0 Å². The largest absolute Gasteiger partial charge is 0.378 e. The van der Waals surface area contributed by atoms with Crippen LogP contribution in [0.5, 0.6) is 0 Å². The Bertz CT molecular complexity index is 237. The number of hydroxylamine groups is 2. The number of rotatable bonds is 2. The molecule has 0 spiro atoms. The van der Waals surface area contributed by atoms with Crippen molar-refractivity contribution in [2.75, 3.05) is 20.2 Å². The zero-order valence-electron chi connectivity index (χ0n) is 9.82. The molecule has 0 aromatic heterocycles. The fourth-order valence-electron chi connectivity index (χ4n) is 1.34. The summed E-state index contributed by atoms with van der Waals surface area (Å²) in [6.07, 6.45) is -0.0576. The second-order valence-corrected chi connectivity index (χ2v) is 4.91. The van der Waals surface area contributed by atoms with Gasteiger partial charge in [-0.1, -0.05) is 0 Å². The SMILES string of the molecule is COC1CN(OC(=O)C(C)(C)C)CC1N. The molecule has 0 bridgehead atoms. The first kappa shape index (κ1) is 12.4. The van der Waals surface area contributed by atoms with Crippen molar-refractivity contribution in [2.24, 2.45) is 11.1 Å². The molecule has 1 heterocycles. The van der Waals surface area contributed by atoms with Crippen molar-refractivity contribution >= 4 is 5.97 Å². The van der Waals surface area contributed by atoms with Crippen LogP contribution in [0.25, 0.3) is 0 Å². The minimum Gasteiger partial charge on any atom is -0.378 e. The van der Waals surface area contributed by atoms with Crippen LogP contribution < -0.4 is 5.73 Å². The molecule has 5 nitrogen and oxygen atoms in total. The summed E-state index contributed by atoms with van der Waals surface area (Å²) in [5.41, 5.74) is 5.32. The normalized spacial score (nSPS) is 28.1. The lowest BCUT2D eigenvalue weighted by Crippen LogP contribution is -2.34. The van der Waals surface area contributed by atoms with Crippen LogP contribution in [0, 0.1) is 5.41 Å². The summed E-state index contributed by atoms with van der Waals surface area (Å²) >= 11 is 0. The van der Waals surface area contributed by atoms with Crippen LogP contribution in [0.4, 0.5) is 0 Å². The van der Waals surface area contributed by atoms with Crippen LogP contribution in [0.3, 0.4) is 0 Å². The first-order valence-electron chi connectivity index (χ1n) is 5.10. The lowest BCUT2D eigenvalue weighted by molar-refractivity contribution is -0.196. The quantitative estimate of drug-likeness (QED) is 0.711. The lowest BCUT2D eigenvalue weighted by Gasteiger charge is -2.21. The van der Waals surface area contributed by atoms with E-state index in [-0.39, 0.29) is 18.1 Å². The summed E-state index contributed by atoms with van der Waals surface area (Å²) in [7, 11) is 1.61. The second kappa shape index (κ2) is 4.47. The van der Waals surface area contributed by atoms with Gasteiger partial charge in [-0.2, -0.15) is 0 Å². The highest BCUT2D eigenvalue weighted by atomic mass is 16.7. The van der Waals surface area contributed by atoms with E-state index in [1.807, 2.05) is 20.8 Å². The van der Waals surface area contributed by atoms with Crippen LogP contribution in [0.2, 0.25) is 0 Å². The summed E-state index contributed by atoms with van der Waals surface area (Å²) in [4.78, 5) is 16.8. The number of nitrogens with two attached hydrogens (primary N) is 1. The molecule has 0 aromatic rings. The van der Waals surface area contributed by atoms with Crippen molar-refractivity contribution in [3.05, 3.63) is 0 Å². The van der Waals surface area contributed by atoms with Crippen molar-refractivity contribution in [1.82, 2.24) is 5.06 Å². The van der Waals surface area contributed by atoms with E-state index < -0.39 is 5.41 Å². The smallest absolute Gasteiger partial charge is 0.330 e. The molecule has 2 atom stereocenters. The molecule has 2 N–H and O–H groups in total. The molecule has 1 saturated heterocycles. The fourth-order valence-corrected chi connectivity index (χ4v) is 1.34. The highest BCUT2D eigenvalue weighted by Crippen LogP contribution is 2.19. The highest BCUT2D eigenvalue weighted by Gasteiger charge is 2.34. The van der Waals surface area contributed by atoms with Gasteiger partial charge in [-0.05, 0) is 20.8 Å². The number of carbonyl (C=O) groups is 1. The molecule has 0 aliphatic carbocycles. The molecule has 0 aromatic carbocycles. The van der Waals surface area contributed by atoms with Gasteiger partial charge in [0.1, 0.15) is 0 Å². The van der Waals surface area contributed by atoms with E-state index in [2.05, 4.69) is 0 Å². The molecule has 0 radical (unpaired) electrons. The maximum absolute atomic E-state index is 11.6. The summed E-state index contributed by atoms with van der Waals surface area (Å²) < 4.78 is 5.16. The predicted octanol–water partition coefficient (Wildman–Crippen LogP) is 0.149. The standard InChI is InChI=1S/C10H20N2O3/c1-10(2,3)9(13)15-12-5-7(11)8(6-12)14-4/h7-8H,5-6,11H2,1-4H3. The molecule has 5 heteroatoms. The first-order chi connectivity index (χ1) is 6.84. The molecule has 1 aliphatic heterocycles. The number of hydrogen-bond donors (Lipinski definition) is 1. The third-order valence-electron chi connectivity index (χ3n) is 2.40. The van der Waals surface area contributed by atoms with E-state index in [1.54, 1.807) is 12.2 Å². The van der Waals surface area contributed by atoms with Gasteiger partial charge in [-0.3, -0.25) is 0 Å². The van der Waals surface area contributed by atoms with Crippen molar-refractivity contribution in [2.45, 2.75) is 32.9 Å². The maximum atomic E-state index is 11.6. The van der Waals surface area contributed by atoms with Gasteiger partial charge in [-0.15, -0.1) is 5.06 Å². The summed E-state index contributed by atoms with van der Waals surface area (Å²) in [5, 5.41) is 1.58. The number of ether oxygens (including phenoxy) is 1. The van der Waals surface area contributed by atoms with Gasteiger partial charge in [0.2, 0.25) is 0 Å². The molecule has 0 saturated carbocycles. The molecule has 0 amide bonds. The van der Waals surface area contributed by atoms with E-state index in [0.29, 0.717) is 13.1 Å². The van der Waals surface area contributed by atoms with Gasteiger partial charge < -0.3 is 15.3 Å². The highest BCUT2D eigenvalue weighted by molar-refractivity contribution is 5.75. The molecule has 15 heavy (non-hydrogen) atoms. The van der Waals surface area contributed by atoms with E-state index in [1.165, 1.54) is 0 Å². The number of carbonyl (C=O) groups excluding carboxylic acids is 1. The van der Waals surface area contributed by atoms with Gasteiger partial charge >= 0.3 is 5.97 Å². The average Bonchev–Trinajstić information content (AvgIpc) is 2.44. The van der Waals surface area contributed by atoms with Gasteiger partial charge in [0.05, 0.1) is 24.6 Å². The Morgan fingerprint density at radius 3 is 2.40 bits per heavy atom.